The lowest BCUT2D eigenvalue weighted by Crippen LogP contribution is -2.22. The van der Waals surface area contributed by atoms with Gasteiger partial charge in [0.05, 0.1) is 11.5 Å². The Kier molecular flexibility index (Phi) is 3.88. The van der Waals surface area contributed by atoms with Crippen molar-refractivity contribution in [3.05, 3.63) is 28.2 Å². The van der Waals surface area contributed by atoms with Crippen molar-refractivity contribution < 1.29 is 13.5 Å². The van der Waals surface area contributed by atoms with E-state index in [0.29, 0.717) is 10.0 Å². The SMILES string of the molecule is CN(C)S(=O)(=O)c1ccc(CO)c(Br)c1. The number of hydrogen-bond donors (Lipinski definition) is 1. The molecule has 0 bridgehead atoms. The summed E-state index contributed by atoms with van der Waals surface area (Å²) in [5.74, 6) is 0. The summed E-state index contributed by atoms with van der Waals surface area (Å²) in [4.78, 5) is 0.205. The van der Waals surface area contributed by atoms with Crippen LogP contribution in [0.2, 0.25) is 0 Å². The number of aliphatic hydroxyl groups is 1. The van der Waals surface area contributed by atoms with Crippen molar-refractivity contribution in [1.29, 1.82) is 0 Å². The van der Waals surface area contributed by atoms with Gasteiger partial charge in [-0.05, 0) is 17.7 Å². The molecule has 6 heteroatoms. The Labute approximate surface area is 97.7 Å². The molecular weight excluding hydrogens is 282 g/mol. The fourth-order valence-electron chi connectivity index (χ4n) is 1.03. The number of nitrogens with zero attached hydrogens (tertiary/aromatic N) is 1. The number of aliphatic hydroxyl groups excluding tert-OH is 1. The summed E-state index contributed by atoms with van der Waals surface area (Å²) >= 11 is 3.21. The van der Waals surface area contributed by atoms with Crippen molar-refractivity contribution in [3.63, 3.8) is 0 Å². The van der Waals surface area contributed by atoms with Crippen LogP contribution in [0, 0.1) is 0 Å². The lowest BCUT2D eigenvalue weighted by atomic mass is 10.2. The maximum absolute atomic E-state index is 11.7. The average molecular weight is 294 g/mol. The van der Waals surface area contributed by atoms with Gasteiger partial charge < -0.3 is 5.11 Å². The van der Waals surface area contributed by atoms with E-state index in [2.05, 4.69) is 15.9 Å². The van der Waals surface area contributed by atoms with Gasteiger partial charge in [0, 0.05) is 18.6 Å². The van der Waals surface area contributed by atoms with E-state index in [1.807, 2.05) is 0 Å². The minimum absolute atomic E-state index is 0.122. The zero-order chi connectivity index (χ0) is 11.6. The van der Waals surface area contributed by atoms with Gasteiger partial charge in [0.1, 0.15) is 0 Å². The van der Waals surface area contributed by atoms with E-state index in [0.717, 1.165) is 4.31 Å². The van der Waals surface area contributed by atoms with Gasteiger partial charge in [0.15, 0.2) is 0 Å². The fraction of sp³-hybridized carbons (Fsp3) is 0.333. The largest absolute Gasteiger partial charge is 0.392 e. The molecule has 0 unspecified atom stereocenters. The Hall–Kier alpha value is -0.430. The molecule has 1 rings (SSSR count). The summed E-state index contributed by atoms with van der Waals surface area (Å²) in [6, 6.07) is 4.55. The first-order valence-electron chi connectivity index (χ1n) is 4.21. The van der Waals surface area contributed by atoms with Crippen molar-refractivity contribution in [1.82, 2.24) is 4.31 Å². The normalized spacial score (nSPS) is 12.1. The zero-order valence-electron chi connectivity index (χ0n) is 8.44. The molecule has 0 heterocycles. The van der Waals surface area contributed by atoms with Gasteiger partial charge in [0.25, 0.3) is 0 Å². The molecule has 15 heavy (non-hydrogen) atoms. The van der Waals surface area contributed by atoms with Crippen molar-refractivity contribution >= 4 is 26.0 Å². The van der Waals surface area contributed by atoms with Crippen LogP contribution in [-0.2, 0) is 16.6 Å². The summed E-state index contributed by atoms with van der Waals surface area (Å²) in [6.45, 7) is -0.122. The second-order valence-electron chi connectivity index (χ2n) is 3.20. The second-order valence-corrected chi connectivity index (χ2v) is 6.20. The topological polar surface area (TPSA) is 57.6 Å². The summed E-state index contributed by atoms with van der Waals surface area (Å²) in [7, 11) is -0.452. The first-order valence-corrected chi connectivity index (χ1v) is 6.44. The number of hydrogen-bond acceptors (Lipinski definition) is 3. The highest BCUT2D eigenvalue weighted by Gasteiger charge is 2.17. The van der Waals surface area contributed by atoms with Gasteiger partial charge in [-0.1, -0.05) is 22.0 Å². The fourth-order valence-corrected chi connectivity index (χ4v) is 2.61. The Morgan fingerprint density at radius 1 is 1.40 bits per heavy atom. The third-order valence-electron chi connectivity index (χ3n) is 1.97. The Balaban J connectivity index is 3.25. The summed E-state index contributed by atoms with van der Waals surface area (Å²) in [5.41, 5.74) is 0.660. The molecule has 0 aliphatic heterocycles. The van der Waals surface area contributed by atoms with Gasteiger partial charge >= 0.3 is 0 Å². The second kappa shape index (κ2) is 4.61. The van der Waals surface area contributed by atoms with Crippen LogP contribution in [0.5, 0.6) is 0 Å². The van der Waals surface area contributed by atoms with E-state index in [1.165, 1.54) is 26.2 Å². The first-order chi connectivity index (χ1) is 6.89. The van der Waals surface area contributed by atoms with Gasteiger partial charge in [-0.3, -0.25) is 0 Å². The molecule has 1 aromatic carbocycles. The first kappa shape index (κ1) is 12.6. The molecular formula is C9H12BrNO3S. The van der Waals surface area contributed by atoms with Crippen LogP contribution in [0.25, 0.3) is 0 Å². The highest BCUT2D eigenvalue weighted by Crippen LogP contribution is 2.22. The molecule has 0 aliphatic carbocycles. The van der Waals surface area contributed by atoms with Crippen molar-refractivity contribution in [2.45, 2.75) is 11.5 Å². The number of sulfonamides is 1. The molecule has 0 radical (unpaired) electrons. The number of rotatable bonds is 3. The molecule has 0 atom stereocenters. The van der Waals surface area contributed by atoms with Crippen LogP contribution >= 0.6 is 15.9 Å². The van der Waals surface area contributed by atoms with E-state index in [9.17, 15) is 8.42 Å². The van der Waals surface area contributed by atoms with Crippen LogP contribution in [0.15, 0.2) is 27.6 Å². The van der Waals surface area contributed by atoms with Gasteiger partial charge in [-0.25, -0.2) is 12.7 Å². The molecule has 0 aromatic heterocycles. The van der Waals surface area contributed by atoms with E-state index >= 15 is 0 Å². The molecule has 0 amide bonds. The van der Waals surface area contributed by atoms with E-state index in [4.69, 9.17) is 5.11 Å². The van der Waals surface area contributed by atoms with Gasteiger partial charge in [-0.2, -0.15) is 0 Å². The van der Waals surface area contributed by atoms with E-state index in [-0.39, 0.29) is 11.5 Å². The van der Waals surface area contributed by atoms with E-state index in [1.54, 1.807) is 6.07 Å². The van der Waals surface area contributed by atoms with Crippen LogP contribution in [0.1, 0.15) is 5.56 Å². The summed E-state index contributed by atoms with van der Waals surface area (Å²) < 4.78 is 25.2. The van der Waals surface area contributed by atoms with E-state index < -0.39 is 10.0 Å². The predicted octanol–water partition coefficient (Wildman–Crippen LogP) is 1.19. The lowest BCUT2D eigenvalue weighted by molar-refractivity contribution is 0.281. The quantitative estimate of drug-likeness (QED) is 0.911. The van der Waals surface area contributed by atoms with Crippen molar-refractivity contribution in [2.75, 3.05) is 14.1 Å². The third-order valence-corrected chi connectivity index (χ3v) is 4.52. The van der Waals surface area contributed by atoms with Gasteiger partial charge in [-0.15, -0.1) is 0 Å². The Morgan fingerprint density at radius 2 is 2.00 bits per heavy atom. The van der Waals surface area contributed by atoms with Crippen LogP contribution in [0.3, 0.4) is 0 Å². The smallest absolute Gasteiger partial charge is 0.242 e. The molecule has 0 aliphatic rings. The minimum Gasteiger partial charge on any atom is -0.392 e. The summed E-state index contributed by atoms with van der Waals surface area (Å²) in [6.07, 6.45) is 0. The maximum Gasteiger partial charge on any atom is 0.242 e. The average Bonchev–Trinajstić information content (AvgIpc) is 2.17. The minimum atomic E-state index is -3.40. The lowest BCUT2D eigenvalue weighted by Gasteiger charge is -2.12. The molecule has 4 nitrogen and oxygen atoms in total. The van der Waals surface area contributed by atoms with Crippen LogP contribution in [-0.4, -0.2) is 31.9 Å². The van der Waals surface area contributed by atoms with Crippen LogP contribution in [0.4, 0.5) is 0 Å². The van der Waals surface area contributed by atoms with Gasteiger partial charge in [0.2, 0.25) is 10.0 Å². The number of benzene rings is 1. The summed E-state index contributed by atoms with van der Waals surface area (Å²) in [5, 5.41) is 8.93. The molecule has 1 N–H and O–H groups in total. The zero-order valence-corrected chi connectivity index (χ0v) is 10.8. The Bertz CT molecular complexity index is 456. The molecule has 0 fully saturated rings. The predicted molar refractivity (Wildman–Crippen MR) is 60.9 cm³/mol. The molecule has 84 valence electrons. The Morgan fingerprint density at radius 3 is 2.40 bits per heavy atom. The molecule has 0 saturated heterocycles. The molecule has 1 aromatic rings. The third kappa shape index (κ3) is 2.57. The van der Waals surface area contributed by atoms with Crippen molar-refractivity contribution in [3.8, 4) is 0 Å². The maximum atomic E-state index is 11.7. The molecule has 0 spiro atoms. The van der Waals surface area contributed by atoms with Crippen LogP contribution < -0.4 is 0 Å². The monoisotopic (exact) mass is 293 g/mol. The van der Waals surface area contributed by atoms with Crippen molar-refractivity contribution in [2.24, 2.45) is 0 Å². The highest BCUT2D eigenvalue weighted by molar-refractivity contribution is 9.10. The number of halogens is 1. The standard InChI is InChI=1S/C9H12BrNO3S/c1-11(2)15(13,14)8-4-3-7(6-12)9(10)5-8/h3-5,12H,6H2,1-2H3. The highest BCUT2D eigenvalue weighted by atomic mass is 79.9. The molecule has 0 saturated carbocycles.